The van der Waals surface area contributed by atoms with E-state index in [0.29, 0.717) is 6.08 Å². The van der Waals surface area contributed by atoms with E-state index in [1.807, 2.05) is 20.8 Å². The topological polar surface area (TPSA) is 37.3 Å². The van der Waals surface area contributed by atoms with Crippen LogP contribution in [0.2, 0.25) is 0 Å². The van der Waals surface area contributed by atoms with Crippen molar-refractivity contribution in [1.82, 2.24) is 0 Å². The fourth-order valence-electron chi connectivity index (χ4n) is 2.86. The molecule has 0 fully saturated rings. The fourth-order valence-corrected chi connectivity index (χ4v) is 2.86. The SMILES string of the molecule is CC1=C(C=CC(=O)CC(O)(C(F)(F)F)C(F)(F)F)C(C)(C)CCC1. The van der Waals surface area contributed by atoms with Gasteiger partial charge in [-0.3, -0.25) is 4.79 Å². The summed E-state index contributed by atoms with van der Waals surface area (Å²) in [4.78, 5) is 11.6. The molecule has 0 aromatic rings. The van der Waals surface area contributed by atoms with Crippen molar-refractivity contribution in [2.75, 3.05) is 0 Å². The van der Waals surface area contributed by atoms with Crippen LogP contribution < -0.4 is 0 Å². The number of ketones is 1. The summed E-state index contributed by atoms with van der Waals surface area (Å²) in [6, 6.07) is 0. The highest BCUT2D eigenvalue weighted by atomic mass is 19.4. The molecule has 0 aromatic carbocycles. The number of rotatable bonds is 4. The van der Waals surface area contributed by atoms with Crippen LogP contribution in [0.1, 0.15) is 46.5 Å². The lowest BCUT2D eigenvalue weighted by Crippen LogP contribution is -2.57. The summed E-state index contributed by atoms with van der Waals surface area (Å²) in [6.07, 6.45) is -9.64. The zero-order valence-electron chi connectivity index (χ0n) is 13.6. The molecule has 0 bridgehead atoms. The van der Waals surface area contributed by atoms with E-state index >= 15 is 0 Å². The van der Waals surface area contributed by atoms with E-state index in [0.717, 1.165) is 30.4 Å². The molecule has 0 radical (unpaired) electrons. The van der Waals surface area contributed by atoms with Gasteiger partial charge in [-0.1, -0.05) is 25.5 Å². The Kier molecular flexibility index (Phi) is 5.65. The lowest BCUT2D eigenvalue weighted by molar-refractivity contribution is -0.366. The van der Waals surface area contributed by atoms with Crippen molar-refractivity contribution in [2.45, 2.75) is 64.4 Å². The Morgan fingerprint density at radius 3 is 2.08 bits per heavy atom. The number of carbonyl (C=O) groups excluding carboxylic acids is 1. The molecule has 0 saturated carbocycles. The minimum atomic E-state index is -5.99. The van der Waals surface area contributed by atoms with Gasteiger partial charge in [0.05, 0.1) is 6.42 Å². The van der Waals surface area contributed by atoms with E-state index in [9.17, 15) is 31.1 Å². The van der Waals surface area contributed by atoms with Crippen LogP contribution in [0.15, 0.2) is 23.3 Å². The van der Waals surface area contributed by atoms with E-state index in [1.165, 1.54) is 6.08 Å². The highest BCUT2D eigenvalue weighted by molar-refractivity contribution is 5.91. The summed E-state index contributed by atoms with van der Waals surface area (Å²) in [5, 5.41) is 9.03. The number of alkyl halides is 6. The third-order valence-corrected chi connectivity index (χ3v) is 4.35. The molecular weight excluding hydrogens is 338 g/mol. The van der Waals surface area contributed by atoms with Crippen LogP contribution in [0, 0.1) is 5.41 Å². The molecule has 1 aliphatic carbocycles. The lowest BCUT2D eigenvalue weighted by atomic mass is 9.72. The Labute approximate surface area is 136 Å². The smallest absolute Gasteiger partial charge is 0.373 e. The lowest BCUT2D eigenvalue weighted by Gasteiger charge is -2.33. The molecule has 0 spiro atoms. The maximum Gasteiger partial charge on any atom is 0.426 e. The van der Waals surface area contributed by atoms with Crippen molar-refractivity contribution < 1.29 is 36.2 Å². The number of halogens is 6. The van der Waals surface area contributed by atoms with Gasteiger partial charge in [0, 0.05) is 0 Å². The highest BCUT2D eigenvalue weighted by Crippen LogP contribution is 2.45. The zero-order chi connectivity index (χ0) is 19.0. The Morgan fingerprint density at radius 2 is 1.67 bits per heavy atom. The van der Waals surface area contributed by atoms with Gasteiger partial charge in [-0.2, -0.15) is 26.3 Å². The van der Waals surface area contributed by atoms with Gasteiger partial charge in [0.15, 0.2) is 5.78 Å². The van der Waals surface area contributed by atoms with Gasteiger partial charge < -0.3 is 5.11 Å². The van der Waals surface area contributed by atoms with Gasteiger partial charge in [-0.25, -0.2) is 0 Å². The van der Waals surface area contributed by atoms with E-state index < -0.39 is 30.2 Å². The zero-order valence-corrected chi connectivity index (χ0v) is 13.6. The fraction of sp³-hybridized carbons (Fsp3) is 0.688. The predicted molar refractivity (Wildman–Crippen MR) is 76.2 cm³/mol. The van der Waals surface area contributed by atoms with Gasteiger partial charge in [0.2, 0.25) is 0 Å². The van der Waals surface area contributed by atoms with Gasteiger partial charge in [-0.15, -0.1) is 0 Å². The number of aliphatic hydroxyl groups is 1. The van der Waals surface area contributed by atoms with Crippen LogP contribution in [-0.4, -0.2) is 28.8 Å². The van der Waals surface area contributed by atoms with E-state index in [4.69, 9.17) is 5.11 Å². The number of hydrogen-bond acceptors (Lipinski definition) is 2. The normalized spacial score (nSPS) is 19.9. The Morgan fingerprint density at radius 1 is 1.17 bits per heavy atom. The first-order valence-corrected chi connectivity index (χ1v) is 7.39. The van der Waals surface area contributed by atoms with Crippen molar-refractivity contribution in [1.29, 1.82) is 0 Å². The van der Waals surface area contributed by atoms with Gasteiger partial charge >= 0.3 is 12.4 Å². The van der Waals surface area contributed by atoms with Crippen LogP contribution in [0.3, 0.4) is 0 Å². The molecule has 1 rings (SSSR count). The quantitative estimate of drug-likeness (QED) is 0.574. The maximum atomic E-state index is 12.6. The Bertz CT molecular complexity index is 538. The largest absolute Gasteiger partial charge is 0.426 e. The van der Waals surface area contributed by atoms with Crippen LogP contribution in [0.4, 0.5) is 26.3 Å². The van der Waals surface area contributed by atoms with Crippen molar-refractivity contribution in [3.05, 3.63) is 23.3 Å². The van der Waals surface area contributed by atoms with Crippen LogP contribution in [0.5, 0.6) is 0 Å². The molecule has 0 amide bonds. The second-order valence-electron chi connectivity index (χ2n) is 6.76. The molecule has 138 valence electrons. The molecule has 0 aromatic heterocycles. The summed E-state index contributed by atoms with van der Waals surface area (Å²) in [5.74, 6) is -1.44. The molecule has 8 heteroatoms. The highest BCUT2D eigenvalue weighted by Gasteiger charge is 2.70. The first-order valence-electron chi connectivity index (χ1n) is 7.39. The Hall–Kier alpha value is -1.31. The molecule has 0 unspecified atom stereocenters. The standard InChI is InChI=1S/C16H20F6O2/c1-10-5-4-8-13(2,3)12(10)7-6-11(23)9-14(24,15(17,18)19)16(20,21)22/h6-7,24H,4-5,8-9H2,1-3H3. The van der Waals surface area contributed by atoms with Gasteiger partial charge in [0.1, 0.15) is 0 Å². The minimum Gasteiger partial charge on any atom is -0.373 e. The average Bonchev–Trinajstić information content (AvgIpc) is 2.34. The van der Waals surface area contributed by atoms with E-state index in [2.05, 4.69) is 0 Å². The van der Waals surface area contributed by atoms with Gasteiger partial charge in [0.25, 0.3) is 5.60 Å². The van der Waals surface area contributed by atoms with Crippen LogP contribution in [0.25, 0.3) is 0 Å². The summed E-state index contributed by atoms with van der Waals surface area (Å²) >= 11 is 0. The summed E-state index contributed by atoms with van der Waals surface area (Å²) in [7, 11) is 0. The summed E-state index contributed by atoms with van der Waals surface area (Å²) < 4.78 is 75.5. The number of carbonyl (C=O) groups is 1. The first kappa shape index (κ1) is 20.7. The molecule has 0 aliphatic heterocycles. The van der Waals surface area contributed by atoms with Crippen molar-refractivity contribution in [3.8, 4) is 0 Å². The first-order chi connectivity index (χ1) is 10.6. The second kappa shape index (κ2) is 6.54. The van der Waals surface area contributed by atoms with Crippen LogP contribution in [-0.2, 0) is 4.79 Å². The predicted octanol–water partition coefficient (Wildman–Crippen LogP) is 4.88. The number of hydrogen-bond donors (Lipinski definition) is 1. The van der Waals surface area contributed by atoms with Crippen molar-refractivity contribution >= 4 is 5.78 Å². The summed E-state index contributed by atoms with van der Waals surface area (Å²) in [6.45, 7) is 5.59. The molecule has 0 atom stereocenters. The van der Waals surface area contributed by atoms with Crippen molar-refractivity contribution in [3.63, 3.8) is 0 Å². The van der Waals surface area contributed by atoms with E-state index in [-0.39, 0.29) is 5.41 Å². The number of allylic oxidation sites excluding steroid dienone is 4. The molecule has 0 saturated heterocycles. The molecule has 1 aliphatic rings. The Balaban J connectivity index is 3.03. The maximum absolute atomic E-state index is 12.6. The van der Waals surface area contributed by atoms with Crippen LogP contribution >= 0.6 is 0 Å². The van der Waals surface area contributed by atoms with Crippen molar-refractivity contribution in [2.24, 2.45) is 5.41 Å². The van der Waals surface area contributed by atoms with E-state index in [1.54, 1.807) is 0 Å². The molecule has 1 N–H and O–H groups in total. The molecular formula is C16H20F6O2. The average molecular weight is 358 g/mol. The second-order valence-corrected chi connectivity index (χ2v) is 6.76. The molecule has 24 heavy (non-hydrogen) atoms. The molecule has 0 heterocycles. The molecule has 2 nitrogen and oxygen atoms in total. The van der Waals surface area contributed by atoms with Gasteiger partial charge in [-0.05, 0) is 43.3 Å². The third kappa shape index (κ3) is 4.20. The monoisotopic (exact) mass is 358 g/mol. The minimum absolute atomic E-state index is 0.316. The third-order valence-electron chi connectivity index (χ3n) is 4.35. The summed E-state index contributed by atoms with van der Waals surface area (Å²) in [5.41, 5.74) is -3.70.